The molecule has 0 aliphatic heterocycles. The Morgan fingerprint density at radius 2 is 2.44 bits per heavy atom. The Morgan fingerprint density at radius 1 is 1.61 bits per heavy atom. The highest BCUT2D eigenvalue weighted by Crippen LogP contribution is 2.14. The number of oxazole rings is 1. The summed E-state index contributed by atoms with van der Waals surface area (Å²) in [7, 11) is 0. The molecular formula is C11H13N3O3S. The first-order valence-corrected chi connectivity index (χ1v) is 6.28. The lowest BCUT2D eigenvalue weighted by Gasteiger charge is -1.97. The van der Waals surface area contributed by atoms with Crippen LogP contribution in [0.5, 0.6) is 0 Å². The second kappa shape index (κ2) is 5.63. The lowest BCUT2D eigenvalue weighted by atomic mass is 10.5. The second-order valence-corrected chi connectivity index (χ2v) is 4.80. The third-order valence-corrected chi connectivity index (χ3v) is 2.96. The predicted octanol–water partition coefficient (Wildman–Crippen LogP) is 2.23. The van der Waals surface area contributed by atoms with Gasteiger partial charge in [-0.25, -0.2) is 9.78 Å². The van der Waals surface area contributed by atoms with E-state index in [1.807, 2.05) is 6.92 Å². The Morgan fingerprint density at radius 3 is 3.11 bits per heavy atom. The number of aromatic nitrogens is 2. The van der Waals surface area contributed by atoms with Crippen LogP contribution in [0, 0.1) is 6.92 Å². The van der Waals surface area contributed by atoms with Crippen molar-refractivity contribution in [2.45, 2.75) is 20.4 Å². The SMILES string of the molecule is CCOC(=O)c1coc(NCc2ncc(C)s2)n1. The minimum atomic E-state index is -0.487. The van der Waals surface area contributed by atoms with Crippen LogP contribution < -0.4 is 5.32 Å². The molecule has 0 bridgehead atoms. The molecule has 0 radical (unpaired) electrons. The van der Waals surface area contributed by atoms with E-state index in [1.165, 1.54) is 6.26 Å². The molecule has 2 aromatic rings. The number of hydrogen-bond donors (Lipinski definition) is 1. The van der Waals surface area contributed by atoms with Crippen molar-refractivity contribution in [1.82, 2.24) is 9.97 Å². The lowest BCUT2D eigenvalue weighted by Crippen LogP contribution is -2.05. The number of hydrogen-bond acceptors (Lipinski definition) is 7. The number of carbonyl (C=O) groups excluding carboxylic acids is 1. The molecule has 0 unspecified atom stereocenters. The predicted molar refractivity (Wildman–Crippen MR) is 66.6 cm³/mol. The van der Waals surface area contributed by atoms with Crippen LogP contribution in [0.15, 0.2) is 16.9 Å². The van der Waals surface area contributed by atoms with Crippen LogP contribution in [0.4, 0.5) is 6.01 Å². The van der Waals surface area contributed by atoms with Crippen molar-refractivity contribution < 1.29 is 13.9 Å². The summed E-state index contributed by atoms with van der Waals surface area (Å²) in [6.45, 7) is 4.56. The van der Waals surface area contributed by atoms with Crippen molar-refractivity contribution >= 4 is 23.3 Å². The van der Waals surface area contributed by atoms with Gasteiger partial charge in [0.1, 0.15) is 11.3 Å². The normalized spacial score (nSPS) is 10.3. The molecule has 2 rings (SSSR count). The molecule has 0 amide bonds. The van der Waals surface area contributed by atoms with Gasteiger partial charge in [-0.15, -0.1) is 11.3 Å². The first kappa shape index (κ1) is 12.6. The minimum absolute atomic E-state index is 0.162. The molecule has 1 N–H and O–H groups in total. The fourth-order valence-corrected chi connectivity index (χ4v) is 2.01. The van der Waals surface area contributed by atoms with E-state index >= 15 is 0 Å². The van der Waals surface area contributed by atoms with Crippen molar-refractivity contribution in [2.24, 2.45) is 0 Å². The summed E-state index contributed by atoms with van der Waals surface area (Å²) < 4.78 is 9.92. The van der Waals surface area contributed by atoms with Gasteiger partial charge in [0.05, 0.1) is 13.2 Å². The maximum Gasteiger partial charge on any atom is 0.360 e. The van der Waals surface area contributed by atoms with Crippen LogP contribution in [-0.2, 0) is 11.3 Å². The van der Waals surface area contributed by atoms with Crippen LogP contribution in [0.3, 0.4) is 0 Å². The molecule has 0 atom stereocenters. The van der Waals surface area contributed by atoms with Crippen LogP contribution in [0.25, 0.3) is 0 Å². The summed E-state index contributed by atoms with van der Waals surface area (Å²) in [5.74, 6) is -0.487. The van der Waals surface area contributed by atoms with Crippen LogP contribution in [-0.4, -0.2) is 22.5 Å². The molecular weight excluding hydrogens is 254 g/mol. The van der Waals surface area contributed by atoms with E-state index in [9.17, 15) is 4.79 Å². The van der Waals surface area contributed by atoms with E-state index in [-0.39, 0.29) is 11.7 Å². The average Bonchev–Trinajstić information content (AvgIpc) is 2.95. The van der Waals surface area contributed by atoms with E-state index in [0.717, 1.165) is 9.88 Å². The molecule has 0 aromatic carbocycles. The zero-order chi connectivity index (χ0) is 13.0. The van der Waals surface area contributed by atoms with Crippen molar-refractivity contribution in [2.75, 3.05) is 11.9 Å². The first-order chi connectivity index (χ1) is 8.69. The smallest absolute Gasteiger partial charge is 0.360 e. The van der Waals surface area contributed by atoms with E-state index in [2.05, 4.69) is 15.3 Å². The van der Waals surface area contributed by atoms with Crippen LogP contribution in [0.1, 0.15) is 27.3 Å². The van der Waals surface area contributed by atoms with Gasteiger partial charge in [-0.1, -0.05) is 0 Å². The maximum atomic E-state index is 11.4. The number of ether oxygens (including phenoxy) is 1. The van der Waals surface area contributed by atoms with E-state index in [4.69, 9.17) is 9.15 Å². The number of carbonyl (C=O) groups is 1. The topological polar surface area (TPSA) is 77.2 Å². The zero-order valence-corrected chi connectivity index (χ0v) is 10.9. The number of anilines is 1. The zero-order valence-electron chi connectivity index (χ0n) is 10.1. The largest absolute Gasteiger partial charge is 0.461 e. The first-order valence-electron chi connectivity index (χ1n) is 5.47. The summed E-state index contributed by atoms with van der Waals surface area (Å²) in [4.78, 5) is 20.7. The molecule has 2 aromatic heterocycles. The van der Waals surface area contributed by atoms with Gasteiger partial charge in [0.15, 0.2) is 5.69 Å². The van der Waals surface area contributed by atoms with Crippen molar-refractivity contribution in [3.05, 3.63) is 28.0 Å². The van der Waals surface area contributed by atoms with E-state index in [0.29, 0.717) is 13.2 Å². The summed E-state index contributed by atoms with van der Waals surface area (Å²) >= 11 is 1.59. The molecule has 7 heteroatoms. The number of aryl methyl sites for hydroxylation is 1. The summed E-state index contributed by atoms with van der Waals surface area (Å²) in [6, 6.07) is 0.283. The van der Waals surface area contributed by atoms with E-state index < -0.39 is 5.97 Å². The fraction of sp³-hybridized carbons (Fsp3) is 0.364. The van der Waals surface area contributed by atoms with Crippen molar-refractivity contribution in [1.29, 1.82) is 0 Å². The quantitative estimate of drug-likeness (QED) is 0.837. The third kappa shape index (κ3) is 3.07. The average molecular weight is 267 g/mol. The van der Waals surface area contributed by atoms with E-state index in [1.54, 1.807) is 24.5 Å². The lowest BCUT2D eigenvalue weighted by molar-refractivity contribution is 0.0519. The number of thiazole rings is 1. The molecule has 0 spiro atoms. The highest BCUT2D eigenvalue weighted by molar-refractivity contribution is 7.11. The number of rotatable bonds is 5. The Bertz CT molecular complexity index is 535. The van der Waals surface area contributed by atoms with Crippen LogP contribution in [0.2, 0.25) is 0 Å². The molecule has 0 fully saturated rings. The summed E-state index contributed by atoms with van der Waals surface area (Å²) in [5, 5.41) is 3.89. The molecule has 0 saturated heterocycles. The van der Waals surface area contributed by atoms with Gasteiger partial charge < -0.3 is 14.5 Å². The number of esters is 1. The monoisotopic (exact) mass is 267 g/mol. The molecule has 96 valence electrons. The molecule has 0 saturated carbocycles. The summed E-state index contributed by atoms with van der Waals surface area (Å²) in [6.07, 6.45) is 3.08. The van der Waals surface area contributed by atoms with Gasteiger partial charge in [0.2, 0.25) is 0 Å². The molecule has 2 heterocycles. The number of nitrogens with zero attached hydrogens (tertiary/aromatic N) is 2. The van der Waals surface area contributed by atoms with Crippen molar-refractivity contribution in [3.63, 3.8) is 0 Å². The van der Waals surface area contributed by atoms with Gasteiger partial charge in [-0.05, 0) is 13.8 Å². The Hall–Kier alpha value is -1.89. The molecule has 0 aliphatic carbocycles. The van der Waals surface area contributed by atoms with Crippen LogP contribution >= 0.6 is 11.3 Å². The highest BCUT2D eigenvalue weighted by Gasteiger charge is 2.13. The minimum Gasteiger partial charge on any atom is -0.461 e. The van der Waals surface area contributed by atoms with Gasteiger partial charge in [0.25, 0.3) is 6.01 Å². The fourth-order valence-electron chi connectivity index (χ4n) is 1.29. The highest BCUT2D eigenvalue weighted by atomic mass is 32.1. The van der Waals surface area contributed by atoms with Crippen molar-refractivity contribution in [3.8, 4) is 0 Å². The van der Waals surface area contributed by atoms with Gasteiger partial charge in [-0.2, -0.15) is 4.98 Å². The molecule has 18 heavy (non-hydrogen) atoms. The molecule has 0 aliphatic rings. The Labute approximate surface area is 108 Å². The Balaban J connectivity index is 1.92. The standard InChI is InChI=1S/C11H13N3O3S/c1-3-16-10(15)8-6-17-11(14-8)13-5-9-12-4-7(2)18-9/h4,6H,3,5H2,1-2H3,(H,13,14). The van der Waals surface area contributed by atoms with Gasteiger partial charge in [-0.3, -0.25) is 0 Å². The summed E-state index contributed by atoms with van der Waals surface area (Å²) in [5.41, 5.74) is 0.162. The Kier molecular flexibility index (Phi) is 3.93. The van der Waals surface area contributed by atoms with Gasteiger partial charge >= 0.3 is 5.97 Å². The molecule has 6 nitrogen and oxygen atoms in total. The third-order valence-electron chi connectivity index (χ3n) is 2.05. The second-order valence-electron chi connectivity index (χ2n) is 3.48. The van der Waals surface area contributed by atoms with Gasteiger partial charge in [0, 0.05) is 11.1 Å². The maximum absolute atomic E-state index is 11.4. The number of nitrogens with one attached hydrogen (secondary N) is 1.